The molecule has 5 heteroatoms. The molecule has 1 aliphatic heterocycles. The first kappa shape index (κ1) is 10.5. The van der Waals surface area contributed by atoms with Crippen LogP contribution in [0.25, 0.3) is 0 Å². The Kier molecular flexibility index (Phi) is 3.30. The van der Waals surface area contributed by atoms with Crippen molar-refractivity contribution in [2.75, 3.05) is 37.5 Å². The van der Waals surface area contributed by atoms with Gasteiger partial charge in [-0.1, -0.05) is 11.6 Å². The summed E-state index contributed by atoms with van der Waals surface area (Å²) in [5, 5.41) is 2.76. The van der Waals surface area contributed by atoms with E-state index in [9.17, 15) is 0 Å². The Bertz CT molecular complexity index is 339. The second-order valence-electron chi connectivity index (χ2n) is 3.44. The predicted octanol–water partition coefficient (Wildman–Crippen LogP) is 1.58. The summed E-state index contributed by atoms with van der Waals surface area (Å²) < 4.78 is 5.25. The Morgan fingerprint density at radius 3 is 2.80 bits per heavy atom. The number of morpholine rings is 1. The summed E-state index contributed by atoms with van der Waals surface area (Å²) in [4.78, 5) is 0. The number of nitrogens with zero attached hydrogens (tertiary/aromatic N) is 1. The van der Waals surface area contributed by atoms with E-state index in [1.54, 1.807) is 12.1 Å². The molecule has 1 aromatic rings. The fourth-order valence-electron chi connectivity index (χ4n) is 1.47. The Hall–Kier alpha value is -0.970. The van der Waals surface area contributed by atoms with Gasteiger partial charge in [0.05, 0.1) is 24.6 Å². The van der Waals surface area contributed by atoms with Crippen LogP contribution in [-0.2, 0) is 4.74 Å². The standard InChI is InChI=1S/C10H14ClN3O/c11-8-1-2-9(12)10(7-8)13-14-3-5-15-6-4-14/h1-2,7,13H,3-6,12H2. The molecule has 0 aromatic heterocycles. The highest BCUT2D eigenvalue weighted by molar-refractivity contribution is 6.31. The third-order valence-electron chi connectivity index (χ3n) is 2.30. The van der Waals surface area contributed by atoms with Gasteiger partial charge in [0.2, 0.25) is 0 Å². The number of anilines is 2. The largest absolute Gasteiger partial charge is 0.397 e. The first-order valence-electron chi connectivity index (χ1n) is 4.90. The molecule has 0 aliphatic carbocycles. The van der Waals surface area contributed by atoms with Gasteiger partial charge < -0.3 is 15.9 Å². The lowest BCUT2D eigenvalue weighted by Crippen LogP contribution is -2.40. The lowest BCUT2D eigenvalue weighted by molar-refractivity contribution is 0.0497. The highest BCUT2D eigenvalue weighted by atomic mass is 35.5. The van der Waals surface area contributed by atoms with E-state index in [2.05, 4.69) is 10.4 Å². The maximum absolute atomic E-state index is 5.90. The number of ether oxygens (including phenoxy) is 1. The van der Waals surface area contributed by atoms with Gasteiger partial charge in [0, 0.05) is 18.1 Å². The van der Waals surface area contributed by atoms with Gasteiger partial charge in [0.1, 0.15) is 0 Å². The molecule has 0 unspecified atom stereocenters. The third-order valence-corrected chi connectivity index (χ3v) is 2.54. The van der Waals surface area contributed by atoms with Crippen molar-refractivity contribution >= 4 is 23.0 Å². The Morgan fingerprint density at radius 1 is 1.33 bits per heavy atom. The number of halogens is 1. The number of hydrogen-bond donors (Lipinski definition) is 2. The highest BCUT2D eigenvalue weighted by Crippen LogP contribution is 2.23. The zero-order valence-corrected chi connectivity index (χ0v) is 9.13. The van der Waals surface area contributed by atoms with Crippen molar-refractivity contribution in [2.24, 2.45) is 0 Å². The monoisotopic (exact) mass is 227 g/mol. The minimum Gasteiger partial charge on any atom is -0.397 e. The lowest BCUT2D eigenvalue weighted by atomic mass is 10.3. The number of hydrogen-bond acceptors (Lipinski definition) is 4. The summed E-state index contributed by atoms with van der Waals surface area (Å²) in [5.41, 5.74) is 10.6. The van der Waals surface area contributed by atoms with E-state index in [1.807, 2.05) is 6.07 Å². The van der Waals surface area contributed by atoms with Crippen molar-refractivity contribution in [3.05, 3.63) is 23.2 Å². The Balaban J connectivity index is 2.05. The Morgan fingerprint density at radius 2 is 2.07 bits per heavy atom. The van der Waals surface area contributed by atoms with Gasteiger partial charge in [-0.2, -0.15) is 0 Å². The number of hydrazine groups is 1. The molecule has 15 heavy (non-hydrogen) atoms. The van der Waals surface area contributed by atoms with E-state index in [4.69, 9.17) is 22.1 Å². The number of benzene rings is 1. The summed E-state index contributed by atoms with van der Waals surface area (Å²) in [6, 6.07) is 5.40. The van der Waals surface area contributed by atoms with Gasteiger partial charge >= 0.3 is 0 Å². The molecular formula is C10H14ClN3O. The van der Waals surface area contributed by atoms with Gasteiger partial charge in [-0.15, -0.1) is 0 Å². The summed E-state index contributed by atoms with van der Waals surface area (Å²) in [7, 11) is 0. The number of nitrogen functional groups attached to an aromatic ring is 1. The SMILES string of the molecule is Nc1ccc(Cl)cc1NN1CCOCC1. The van der Waals surface area contributed by atoms with Crippen LogP contribution in [0.5, 0.6) is 0 Å². The second kappa shape index (κ2) is 4.70. The van der Waals surface area contributed by atoms with E-state index >= 15 is 0 Å². The van der Waals surface area contributed by atoms with Crippen LogP contribution in [0, 0.1) is 0 Å². The van der Waals surface area contributed by atoms with E-state index in [-0.39, 0.29) is 0 Å². The van der Waals surface area contributed by atoms with Crippen LogP contribution in [0.3, 0.4) is 0 Å². The predicted molar refractivity (Wildman–Crippen MR) is 61.9 cm³/mol. The highest BCUT2D eigenvalue weighted by Gasteiger charge is 2.11. The summed E-state index contributed by atoms with van der Waals surface area (Å²) in [5.74, 6) is 0. The summed E-state index contributed by atoms with van der Waals surface area (Å²) in [6.07, 6.45) is 0. The minimum atomic E-state index is 0.681. The Labute approximate surface area is 93.9 Å². The van der Waals surface area contributed by atoms with E-state index in [0.29, 0.717) is 10.7 Å². The van der Waals surface area contributed by atoms with Gasteiger partial charge in [-0.3, -0.25) is 0 Å². The normalized spacial score (nSPS) is 17.7. The zero-order chi connectivity index (χ0) is 10.7. The molecule has 0 amide bonds. The number of rotatable bonds is 2. The molecule has 3 N–H and O–H groups in total. The van der Waals surface area contributed by atoms with Crippen LogP contribution < -0.4 is 11.2 Å². The van der Waals surface area contributed by atoms with Crippen molar-refractivity contribution in [1.82, 2.24) is 5.01 Å². The molecule has 0 bridgehead atoms. The average molecular weight is 228 g/mol. The van der Waals surface area contributed by atoms with Crippen LogP contribution in [0.2, 0.25) is 5.02 Å². The average Bonchev–Trinajstić information content (AvgIpc) is 2.25. The molecular weight excluding hydrogens is 214 g/mol. The molecule has 1 heterocycles. The first-order valence-corrected chi connectivity index (χ1v) is 5.28. The van der Waals surface area contributed by atoms with E-state index < -0.39 is 0 Å². The van der Waals surface area contributed by atoms with Crippen LogP contribution >= 0.6 is 11.6 Å². The maximum Gasteiger partial charge on any atom is 0.0734 e. The van der Waals surface area contributed by atoms with Gasteiger partial charge in [0.25, 0.3) is 0 Å². The minimum absolute atomic E-state index is 0.681. The van der Waals surface area contributed by atoms with Crippen LogP contribution in [0.1, 0.15) is 0 Å². The van der Waals surface area contributed by atoms with Gasteiger partial charge in [-0.25, -0.2) is 5.01 Å². The fraction of sp³-hybridized carbons (Fsp3) is 0.400. The molecule has 0 spiro atoms. The first-order chi connectivity index (χ1) is 7.25. The molecule has 0 saturated carbocycles. The van der Waals surface area contributed by atoms with Crippen LogP contribution in [-0.4, -0.2) is 31.3 Å². The molecule has 2 rings (SSSR count). The van der Waals surface area contributed by atoms with Crippen molar-refractivity contribution in [2.45, 2.75) is 0 Å². The number of nitrogens with one attached hydrogen (secondary N) is 1. The van der Waals surface area contributed by atoms with Crippen molar-refractivity contribution in [3.63, 3.8) is 0 Å². The lowest BCUT2D eigenvalue weighted by Gasteiger charge is -2.28. The van der Waals surface area contributed by atoms with Gasteiger partial charge in [0.15, 0.2) is 0 Å². The zero-order valence-electron chi connectivity index (χ0n) is 8.37. The second-order valence-corrected chi connectivity index (χ2v) is 3.88. The maximum atomic E-state index is 5.90. The molecule has 1 fully saturated rings. The van der Waals surface area contributed by atoms with Crippen molar-refractivity contribution < 1.29 is 4.74 Å². The van der Waals surface area contributed by atoms with Crippen molar-refractivity contribution in [3.8, 4) is 0 Å². The molecule has 0 radical (unpaired) electrons. The van der Waals surface area contributed by atoms with E-state index in [0.717, 1.165) is 32.0 Å². The van der Waals surface area contributed by atoms with Crippen LogP contribution in [0.4, 0.5) is 11.4 Å². The molecule has 1 saturated heterocycles. The molecule has 82 valence electrons. The molecule has 1 aliphatic rings. The van der Waals surface area contributed by atoms with Gasteiger partial charge in [-0.05, 0) is 18.2 Å². The molecule has 4 nitrogen and oxygen atoms in total. The summed E-state index contributed by atoms with van der Waals surface area (Å²) >= 11 is 5.90. The van der Waals surface area contributed by atoms with E-state index in [1.165, 1.54) is 0 Å². The topological polar surface area (TPSA) is 50.5 Å². The summed E-state index contributed by atoms with van der Waals surface area (Å²) in [6.45, 7) is 3.19. The molecule has 1 aromatic carbocycles. The van der Waals surface area contributed by atoms with Crippen LogP contribution in [0.15, 0.2) is 18.2 Å². The quantitative estimate of drug-likeness (QED) is 0.754. The fourth-order valence-corrected chi connectivity index (χ4v) is 1.64. The van der Waals surface area contributed by atoms with Crippen molar-refractivity contribution in [1.29, 1.82) is 0 Å². The number of nitrogens with two attached hydrogens (primary N) is 1. The third kappa shape index (κ3) is 2.75. The molecule has 0 atom stereocenters. The smallest absolute Gasteiger partial charge is 0.0734 e.